The van der Waals surface area contributed by atoms with E-state index in [1.165, 1.54) is 13.1 Å². The lowest BCUT2D eigenvalue weighted by Crippen LogP contribution is -2.58. The van der Waals surface area contributed by atoms with Crippen LogP contribution in [0.15, 0.2) is 15.8 Å². The summed E-state index contributed by atoms with van der Waals surface area (Å²) in [5.74, 6) is 0. The van der Waals surface area contributed by atoms with Gasteiger partial charge in [0.25, 0.3) is 15.7 Å². The van der Waals surface area contributed by atoms with Gasteiger partial charge in [-0.1, -0.05) is 41.5 Å². The second-order valence-corrected chi connectivity index (χ2v) is 24.2. The van der Waals surface area contributed by atoms with Gasteiger partial charge in [0, 0.05) is 11.8 Å². The normalized spacial score (nSPS) is 25.4. The van der Waals surface area contributed by atoms with E-state index in [-0.39, 0.29) is 22.2 Å². The first-order valence-electron chi connectivity index (χ1n) is 12.5. The highest BCUT2D eigenvalue weighted by molar-refractivity contribution is 7.86. The molecular formula is C24H43N3O8SSi2. The highest BCUT2D eigenvalue weighted by atomic mass is 32.2. The van der Waals surface area contributed by atoms with Crippen LogP contribution in [0.4, 0.5) is 0 Å². The summed E-state index contributed by atoms with van der Waals surface area (Å²) in [4.78, 5) is 27.3. The van der Waals surface area contributed by atoms with Gasteiger partial charge in [-0.15, -0.1) is 0 Å². The van der Waals surface area contributed by atoms with E-state index in [4.69, 9.17) is 17.8 Å². The first-order chi connectivity index (χ1) is 16.9. The van der Waals surface area contributed by atoms with Crippen molar-refractivity contribution in [3.05, 3.63) is 32.6 Å². The number of aromatic nitrogens is 2. The lowest BCUT2D eigenvalue weighted by atomic mass is 9.94. The fourth-order valence-corrected chi connectivity index (χ4v) is 6.55. The molecule has 38 heavy (non-hydrogen) atoms. The molecule has 0 spiro atoms. The van der Waals surface area contributed by atoms with E-state index in [9.17, 15) is 23.3 Å². The third-order valence-electron chi connectivity index (χ3n) is 7.98. The SMILES string of the molecule is Cc1cn(C2OC(CO[Si](C)(C)C(C)(C)C)C(C#N)(OS(C)(=O)=O)C2O[Si](C)(C)C(C)(C)C)c(=O)[nH]c1=O. The molecule has 0 radical (unpaired) electrons. The zero-order chi connectivity index (χ0) is 29.7. The number of H-pyrrole nitrogens is 1. The Labute approximate surface area is 227 Å². The Morgan fingerprint density at radius 1 is 1.11 bits per heavy atom. The van der Waals surface area contributed by atoms with Gasteiger partial charge in [-0.05, 0) is 43.2 Å². The van der Waals surface area contributed by atoms with E-state index in [0.29, 0.717) is 0 Å². The average molecular weight is 590 g/mol. The molecule has 1 aliphatic rings. The van der Waals surface area contributed by atoms with Crippen molar-refractivity contribution in [1.29, 1.82) is 5.26 Å². The van der Waals surface area contributed by atoms with Crippen LogP contribution in [0.2, 0.25) is 36.3 Å². The molecule has 14 heteroatoms. The number of aromatic amines is 1. The molecule has 4 unspecified atom stereocenters. The molecule has 1 aromatic heterocycles. The number of nitriles is 1. The molecule has 0 amide bonds. The quantitative estimate of drug-likeness (QED) is 0.355. The molecule has 2 rings (SSSR count). The summed E-state index contributed by atoms with van der Waals surface area (Å²) in [7, 11) is -9.29. The zero-order valence-corrected chi connectivity index (χ0v) is 27.4. The Morgan fingerprint density at radius 3 is 2.08 bits per heavy atom. The molecule has 0 aliphatic carbocycles. The Kier molecular flexibility index (Phi) is 8.94. The second-order valence-electron chi connectivity index (χ2n) is 13.1. The van der Waals surface area contributed by atoms with Gasteiger partial charge in [-0.3, -0.25) is 14.3 Å². The maximum Gasteiger partial charge on any atom is 0.330 e. The largest absolute Gasteiger partial charge is 0.414 e. The molecule has 0 bridgehead atoms. The Bertz CT molecular complexity index is 1300. The summed E-state index contributed by atoms with van der Waals surface area (Å²) < 4.78 is 51.0. The van der Waals surface area contributed by atoms with E-state index in [1.54, 1.807) is 0 Å². The average Bonchev–Trinajstić information content (AvgIpc) is 2.99. The van der Waals surface area contributed by atoms with Crippen LogP contribution in [-0.4, -0.2) is 65.3 Å². The van der Waals surface area contributed by atoms with Crippen LogP contribution in [0.5, 0.6) is 0 Å². The minimum absolute atomic E-state index is 0.162. The van der Waals surface area contributed by atoms with Gasteiger partial charge in [-0.25, -0.2) is 8.98 Å². The molecule has 1 aliphatic heterocycles. The molecule has 1 fully saturated rings. The van der Waals surface area contributed by atoms with Crippen LogP contribution in [0.25, 0.3) is 0 Å². The summed E-state index contributed by atoms with van der Waals surface area (Å²) in [6, 6.07) is 2.05. The highest BCUT2D eigenvalue weighted by Gasteiger charge is 2.64. The molecule has 1 saturated heterocycles. The molecule has 1 N–H and O–H groups in total. The number of rotatable bonds is 8. The van der Waals surface area contributed by atoms with Crippen molar-refractivity contribution >= 4 is 26.8 Å². The van der Waals surface area contributed by atoms with Gasteiger partial charge in [0.05, 0.1) is 12.9 Å². The van der Waals surface area contributed by atoms with Crippen LogP contribution in [0, 0.1) is 18.3 Å². The predicted octanol–water partition coefficient (Wildman–Crippen LogP) is 3.39. The zero-order valence-electron chi connectivity index (χ0n) is 24.6. The van der Waals surface area contributed by atoms with Crippen LogP contribution in [0.3, 0.4) is 0 Å². The van der Waals surface area contributed by atoms with Crippen LogP contribution in [0.1, 0.15) is 53.3 Å². The second kappa shape index (κ2) is 10.4. The fourth-order valence-electron chi connectivity index (χ4n) is 3.53. The number of hydrogen-bond donors (Lipinski definition) is 1. The number of nitrogens with zero attached hydrogens (tertiary/aromatic N) is 2. The minimum atomic E-state index is -4.20. The summed E-state index contributed by atoms with van der Waals surface area (Å²) >= 11 is 0. The standard InChI is InChI=1S/C24H43N3O8SSi2/c1-16-13-27(21(29)26-19(16)28)20-18(34-38(11,12)23(5,6)7)24(15-25,35-36(8,30)31)17(33-20)14-32-37(9,10)22(2,3)4/h13,17-18,20H,14H2,1-12H3,(H,26,28,29). The van der Waals surface area contributed by atoms with Crippen molar-refractivity contribution in [3.63, 3.8) is 0 Å². The summed E-state index contributed by atoms with van der Waals surface area (Å²) in [5.41, 5.74) is -3.29. The van der Waals surface area contributed by atoms with Crippen molar-refractivity contribution in [2.75, 3.05) is 12.9 Å². The first-order valence-corrected chi connectivity index (χ1v) is 20.1. The molecule has 4 atom stereocenters. The third kappa shape index (κ3) is 6.57. The van der Waals surface area contributed by atoms with E-state index >= 15 is 0 Å². The van der Waals surface area contributed by atoms with Crippen LogP contribution in [-0.2, 0) is 27.9 Å². The van der Waals surface area contributed by atoms with E-state index in [1.807, 2.05) is 73.8 Å². The van der Waals surface area contributed by atoms with Gasteiger partial charge in [0.2, 0.25) is 5.60 Å². The van der Waals surface area contributed by atoms with Crippen molar-refractivity contribution in [3.8, 4) is 6.07 Å². The monoisotopic (exact) mass is 589 g/mol. The number of hydrogen-bond acceptors (Lipinski definition) is 9. The van der Waals surface area contributed by atoms with Gasteiger partial charge >= 0.3 is 5.69 Å². The molecule has 0 saturated carbocycles. The predicted molar refractivity (Wildman–Crippen MR) is 149 cm³/mol. The minimum Gasteiger partial charge on any atom is -0.414 e. The fraction of sp³-hybridized carbons (Fsp3) is 0.792. The lowest BCUT2D eigenvalue weighted by molar-refractivity contribution is -0.0545. The lowest BCUT2D eigenvalue weighted by Gasteiger charge is -2.42. The number of aryl methyl sites for hydroxylation is 1. The van der Waals surface area contributed by atoms with Gasteiger partial charge in [-0.2, -0.15) is 13.7 Å². The summed E-state index contributed by atoms with van der Waals surface area (Å²) in [5, 5.41) is 10.0. The van der Waals surface area contributed by atoms with Crippen molar-refractivity contribution < 1.29 is 26.2 Å². The van der Waals surface area contributed by atoms with Gasteiger partial charge in [0.1, 0.15) is 18.3 Å². The number of nitrogens with one attached hydrogen (secondary N) is 1. The Hall–Kier alpha value is -1.61. The molecule has 11 nitrogen and oxygen atoms in total. The summed E-state index contributed by atoms with van der Waals surface area (Å²) in [6.45, 7) is 21.4. The van der Waals surface area contributed by atoms with Crippen molar-refractivity contribution in [2.45, 2.75) is 109 Å². The van der Waals surface area contributed by atoms with Gasteiger partial charge in [0.15, 0.2) is 22.9 Å². The van der Waals surface area contributed by atoms with Crippen LogP contribution < -0.4 is 11.2 Å². The molecule has 1 aromatic rings. The van der Waals surface area contributed by atoms with Crippen molar-refractivity contribution in [2.24, 2.45) is 0 Å². The first kappa shape index (κ1) is 32.6. The topological polar surface area (TPSA) is 150 Å². The maximum absolute atomic E-state index is 12.9. The summed E-state index contributed by atoms with van der Waals surface area (Å²) in [6.07, 6.45) is -1.67. The van der Waals surface area contributed by atoms with E-state index in [0.717, 1.165) is 10.8 Å². The molecule has 216 valence electrons. The molecule has 2 heterocycles. The third-order valence-corrected chi connectivity index (χ3v) is 17.5. The Morgan fingerprint density at radius 2 is 1.63 bits per heavy atom. The Balaban J connectivity index is 2.81. The highest BCUT2D eigenvalue weighted by Crippen LogP contribution is 2.48. The van der Waals surface area contributed by atoms with Gasteiger partial charge < -0.3 is 13.6 Å². The molecule has 0 aromatic carbocycles. The van der Waals surface area contributed by atoms with Crippen LogP contribution >= 0.6 is 0 Å². The maximum atomic E-state index is 12.9. The number of ether oxygens (including phenoxy) is 1. The molecular weight excluding hydrogens is 547 g/mol. The van der Waals surface area contributed by atoms with E-state index < -0.39 is 62.0 Å². The van der Waals surface area contributed by atoms with Crippen molar-refractivity contribution in [1.82, 2.24) is 9.55 Å². The smallest absolute Gasteiger partial charge is 0.330 e. The van der Waals surface area contributed by atoms with E-state index in [2.05, 4.69) is 4.98 Å².